The molecule has 1 heterocycles. The van der Waals surface area contributed by atoms with Gasteiger partial charge >= 0.3 is 0 Å². The van der Waals surface area contributed by atoms with E-state index in [-0.39, 0.29) is 5.91 Å². The summed E-state index contributed by atoms with van der Waals surface area (Å²) >= 11 is 3.56. The second-order valence-corrected chi connectivity index (χ2v) is 7.23. The van der Waals surface area contributed by atoms with E-state index in [0.29, 0.717) is 19.3 Å². The Labute approximate surface area is 146 Å². The van der Waals surface area contributed by atoms with E-state index in [9.17, 15) is 4.79 Å². The Bertz CT molecular complexity index is 583. The summed E-state index contributed by atoms with van der Waals surface area (Å²) in [5.41, 5.74) is 9.28. The van der Waals surface area contributed by atoms with Gasteiger partial charge in [0.15, 0.2) is 0 Å². The minimum absolute atomic E-state index is 0.0438. The minimum Gasteiger partial charge on any atom is -0.327 e. The van der Waals surface area contributed by atoms with Gasteiger partial charge in [-0.2, -0.15) is 5.06 Å². The number of piperidine rings is 1. The Hall–Kier alpha value is -0.950. The summed E-state index contributed by atoms with van der Waals surface area (Å²) < 4.78 is 0.975. The van der Waals surface area contributed by atoms with E-state index in [1.54, 1.807) is 19.1 Å². The molecule has 2 N–H and O–H groups in total. The van der Waals surface area contributed by atoms with Crippen molar-refractivity contribution in [2.45, 2.75) is 38.8 Å². The number of aryl methyl sites for hydroxylation is 2. The van der Waals surface area contributed by atoms with E-state index in [1.807, 2.05) is 5.06 Å². The highest BCUT2D eigenvalue weighted by Crippen LogP contribution is 2.26. The average Bonchev–Trinajstić information content (AvgIpc) is 2.52. The van der Waals surface area contributed by atoms with Crippen molar-refractivity contribution in [2.75, 3.05) is 27.2 Å². The average molecular weight is 384 g/mol. The van der Waals surface area contributed by atoms with Crippen LogP contribution in [0.15, 0.2) is 16.6 Å². The first-order chi connectivity index (χ1) is 10.8. The molecule has 1 aromatic rings. The molecule has 0 atom stereocenters. The molecule has 1 fully saturated rings. The number of nitrogens with zero attached hydrogens (tertiary/aromatic N) is 2. The van der Waals surface area contributed by atoms with E-state index in [2.05, 4.69) is 41.9 Å². The number of carbonyl (C=O) groups excluding carboxylic acids is 1. The largest absolute Gasteiger partial charge is 0.327 e. The molecule has 0 spiro atoms. The monoisotopic (exact) mass is 383 g/mol. The standard InChI is InChI=1S/C17H26BrN3O2/c1-12-9-14(15(18)10-13(12)2)11-16(22)20(3)17(19)5-7-21(23-4)8-6-17/h9-10H,5-8,11,19H2,1-4H3. The normalized spacial score (nSPS) is 18.0. The van der Waals surface area contributed by atoms with E-state index in [0.717, 1.165) is 23.1 Å². The topological polar surface area (TPSA) is 58.8 Å². The van der Waals surface area contributed by atoms with Gasteiger partial charge in [0.25, 0.3) is 0 Å². The molecule has 128 valence electrons. The molecule has 0 radical (unpaired) electrons. The number of amides is 1. The number of hydroxylamine groups is 2. The number of rotatable bonds is 4. The Morgan fingerprint density at radius 1 is 1.35 bits per heavy atom. The van der Waals surface area contributed by atoms with Crippen LogP contribution in [-0.4, -0.2) is 48.8 Å². The predicted octanol–water partition coefficient (Wildman–Crippen LogP) is 2.38. The van der Waals surface area contributed by atoms with Gasteiger partial charge in [-0.05, 0) is 49.4 Å². The number of carbonyl (C=O) groups is 1. The van der Waals surface area contributed by atoms with Crippen LogP contribution in [0.3, 0.4) is 0 Å². The van der Waals surface area contributed by atoms with Crippen molar-refractivity contribution in [3.63, 3.8) is 0 Å². The highest BCUT2D eigenvalue weighted by molar-refractivity contribution is 9.10. The third-order valence-corrected chi connectivity index (χ3v) is 5.63. The zero-order valence-corrected chi connectivity index (χ0v) is 15.9. The molecule has 0 aromatic heterocycles. The quantitative estimate of drug-likeness (QED) is 0.810. The fourth-order valence-corrected chi connectivity index (χ4v) is 3.50. The number of hydrogen-bond donors (Lipinski definition) is 1. The lowest BCUT2D eigenvalue weighted by Gasteiger charge is -2.44. The second kappa shape index (κ2) is 7.30. The van der Waals surface area contributed by atoms with Crippen LogP contribution in [0.5, 0.6) is 0 Å². The molecule has 5 nitrogen and oxygen atoms in total. The van der Waals surface area contributed by atoms with Crippen molar-refractivity contribution in [2.24, 2.45) is 5.73 Å². The molecule has 0 aliphatic carbocycles. The van der Waals surface area contributed by atoms with Crippen molar-refractivity contribution in [3.05, 3.63) is 33.3 Å². The molecular formula is C17H26BrN3O2. The summed E-state index contributed by atoms with van der Waals surface area (Å²) in [7, 11) is 3.47. The van der Waals surface area contributed by atoms with Crippen LogP contribution in [0.1, 0.15) is 29.5 Å². The highest BCUT2D eigenvalue weighted by atomic mass is 79.9. The van der Waals surface area contributed by atoms with Gasteiger partial charge in [0.05, 0.1) is 19.2 Å². The Balaban J connectivity index is 2.07. The van der Waals surface area contributed by atoms with Crippen LogP contribution in [0.4, 0.5) is 0 Å². The van der Waals surface area contributed by atoms with E-state index in [4.69, 9.17) is 10.6 Å². The molecular weight excluding hydrogens is 358 g/mol. The third kappa shape index (κ3) is 4.12. The molecule has 0 unspecified atom stereocenters. The van der Waals surface area contributed by atoms with Crippen molar-refractivity contribution in [3.8, 4) is 0 Å². The first-order valence-electron chi connectivity index (χ1n) is 7.87. The molecule has 23 heavy (non-hydrogen) atoms. The lowest BCUT2D eigenvalue weighted by molar-refractivity contribution is -0.166. The zero-order valence-electron chi connectivity index (χ0n) is 14.4. The first kappa shape index (κ1) is 18.4. The zero-order chi connectivity index (χ0) is 17.2. The fraction of sp³-hybridized carbons (Fsp3) is 0.588. The van der Waals surface area contributed by atoms with Gasteiger partial charge in [0.1, 0.15) is 0 Å². The van der Waals surface area contributed by atoms with Gasteiger partial charge < -0.3 is 15.5 Å². The smallest absolute Gasteiger partial charge is 0.228 e. The van der Waals surface area contributed by atoms with E-state index < -0.39 is 5.66 Å². The second-order valence-electron chi connectivity index (χ2n) is 6.37. The maximum absolute atomic E-state index is 12.7. The first-order valence-corrected chi connectivity index (χ1v) is 8.66. The maximum atomic E-state index is 12.7. The van der Waals surface area contributed by atoms with Crippen LogP contribution in [-0.2, 0) is 16.1 Å². The molecule has 1 amide bonds. The Morgan fingerprint density at radius 2 is 1.91 bits per heavy atom. The Kier molecular flexibility index (Phi) is 5.84. The maximum Gasteiger partial charge on any atom is 0.228 e. The highest BCUT2D eigenvalue weighted by Gasteiger charge is 2.37. The lowest BCUT2D eigenvalue weighted by atomic mass is 9.96. The van der Waals surface area contributed by atoms with Crippen molar-refractivity contribution in [1.29, 1.82) is 0 Å². The number of halogens is 1. The van der Waals surface area contributed by atoms with Crippen LogP contribution >= 0.6 is 15.9 Å². The summed E-state index contributed by atoms with van der Waals surface area (Å²) in [6.45, 7) is 5.59. The summed E-state index contributed by atoms with van der Waals surface area (Å²) in [5, 5.41) is 1.88. The summed E-state index contributed by atoms with van der Waals surface area (Å²) in [6.07, 6.45) is 1.76. The molecule has 2 rings (SSSR count). The summed E-state index contributed by atoms with van der Waals surface area (Å²) in [4.78, 5) is 19.6. The van der Waals surface area contributed by atoms with Crippen molar-refractivity contribution < 1.29 is 9.63 Å². The fourth-order valence-electron chi connectivity index (χ4n) is 2.90. The third-order valence-electron chi connectivity index (χ3n) is 4.89. The molecule has 0 bridgehead atoms. The molecule has 0 saturated carbocycles. The van der Waals surface area contributed by atoms with Gasteiger partial charge in [-0.15, -0.1) is 0 Å². The van der Waals surface area contributed by atoms with Gasteiger partial charge in [-0.1, -0.05) is 22.0 Å². The van der Waals surface area contributed by atoms with Crippen LogP contribution < -0.4 is 5.73 Å². The van der Waals surface area contributed by atoms with Gasteiger partial charge in [0.2, 0.25) is 5.91 Å². The summed E-state index contributed by atoms with van der Waals surface area (Å²) in [6, 6.07) is 4.13. The van der Waals surface area contributed by atoms with Gasteiger partial charge in [0, 0.05) is 24.6 Å². The van der Waals surface area contributed by atoms with Gasteiger partial charge in [-0.25, -0.2) is 0 Å². The van der Waals surface area contributed by atoms with Crippen molar-refractivity contribution in [1.82, 2.24) is 9.96 Å². The van der Waals surface area contributed by atoms with E-state index in [1.165, 1.54) is 11.1 Å². The number of likely N-dealkylation sites (N-methyl/N-ethyl adjacent to an activating group) is 1. The SMILES string of the molecule is CON1CCC(N)(N(C)C(=O)Cc2cc(C)c(C)cc2Br)CC1. The van der Waals surface area contributed by atoms with Crippen LogP contribution in [0, 0.1) is 13.8 Å². The molecule has 6 heteroatoms. The van der Waals surface area contributed by atoms with Crippen molar-refractivity contribution >= 4 is 21.8 Å². The minimum atomic E-state index is -0.599. The Morgan fingerprint density at radius 3 is 2.48 bits per heavy atom. The molecule has 1 saturated heterocycles. The lowest BCUT2D eigenvalue weighted by Crippen LogP contribution is -2.61. The number of benzene rings is 1. The van der Waals surface area contributed by atoms with Crippen LogP contribution in [0.25, 0.3) is 0 Å². The predicted molar refractivity (Wildman–Crippen MR) is 94.8 cm³/mol. The molecule has 1 aromatic carbocycles. The summed E-state index contributed by atoms with van der Waals surface area (Å²) in [5.74, 6) is 0.0438. The van der Waals surface area contributed by atoms with Crippen LogP contribution in [0.2, 0.25) is 0 Å². The number of hydrogen-bond acceptors (Lipinski definition) is 4. The van der Waals surface area contributed by atoms with Gasteiger partial charge in [-0.3, -0.25) is 4.79 Å². The van der Waals surface area contributed by atoms with E-state index >= 15 is 0 Å². The number of nitrogens with two attached hydrogens (primary N) is 1. The molecule has 1 aliphatic rings. The molecule has 1 aliphatic heterocycles.